The summed E-state index contributed by atoms with van der Waals surface area (Å²) in [5.74, 6) is 1.25. The lowest BCUT2D eigenvalue weighted by Crippen LogP contribution is -2.12. The number of rotatable bonds is 5. The third-order valence-electron chi connectivity index (χ3n) is 4.13. The maximum atomic E-state index is 11.6. The molecule has 128 valence electrons. The fourth-order valence-electron chi connectivity index (χ4n) is 2.46. The molecule has 0 aromatic heterocycles. The van der Waals surface area contributed by atoms with Crippen molar-refractivity contribution in [2.45, 2.75) is 46.6 Å². The molecule has 3 heteroatoms. The molecule has 0 fully saturated rings. The molecule has 0 aliphatic heterocycles. The molecule has 0 saturated heterocycles. The zero-order valence-corrected chi connectivity index (χ0v) is 15.4. The third-order valence-corrected chi connectivity index (χ3v) is 4.13. The second kappa shape index (κ2) is 7.08. The SMILES string of the molecule is COc1cc(OCc2ccc(C(C)(C)C)cc2C)cc(C(C)=O)c1. The Morgan fingerprint density at radius 2 is 1.71 bits per heavy atom. The quantitative estimate of drug-likeness (QED) is 0.719. The van der Waals surface area contributed by atoms with Gasteiger partial charge in [0.2, 0.25) is 0 Å². The Kier molecular flexibility index (Phi) is 5.33. The van der Waals surface area contributed by atoms with Crippen molar-refractivity contribution in [3.8, 4) is 11.5 Å². The largest absolute Gasteiger partial charge is 0.497 e. The number of hydrogen-bond donors (Lipinski definition) is 0. The highest BCUT2D eigenvalue weighted by molar-refractivity contribution is 5.94. The summed E-state index contributed by atoms with van der Waals surface area (Å²) in [7, 11) is 1.58. The molecule has 0 spiro atoms. The van der Waals surface area contributed by atoms with E-state index in [1.54, 1.807) is 25.3 Å². The van der Waals surface area contributed by atoms with E-state index in [2.05, 4.69) is 45.9 Å². The van der Waals surface area contributed by atoms with Crippen LogP contribution in [0.3, 0.4) is 0 Å². The molecule has 0 heterocycles. The first-order chi connectivity index (χ1) is 11.2. The van der Waals surface area contributed by atoms with Gasteiger partial charge in [0.25, 0.3) is 0 Å². The first kappa shape index (κ1) is 18.1. The molecule has 2 rings (SSSR count). The van der Waals surface area contributed by atoms with E-state index < -0.39 is 0 Å². The summed E-state index contributed by atoms with van der Waals surface area (Å²) in [6.07, 6.45) is 0. The van der Waals surface area contributed by atoms with E-state index in [1.807, 2.05) is 0 Å². The first-order valence-corrected chi connectivity index (χ1v) is 8.13. The van der Waals surface area contributed by atoms with Crippen LogP contribution in [0.15, 0.2) is 36.4 Å². The number of benzene rings is 2. The van der Waals surface area contributed by atoms with Gasteiger partial charge in [0, 0.05) is 11.6 Å². The van der Waals surface area contributed by atoms with E-state index in [0.717, 1.165) is 5.56 Å². The Morgan fingerprint density at radius 1 is 1.04 bits per heavy atom. The number of methoxy groups -OCH3 is 1. The van der Waals surface area contributed by atoms with E-state index in [4.69, 9.17) is 9.47 Å². The van der Waals surface area contributed by atoms with E-state index >= 15 is 0 Å². The van der Waals surface area contributed by atoms with Gasteiger partial charge in [-0.05, 0) is 48.1 Å². The predicted molar refractivity (Wildman–Crippen MR) is 97.2 cm³/mol. The molecule has 0 aliphatic carbocycles. The van der Waals surface area contributed by atoms with E-state index in [9.17, 15) is 4.79 Å². The molecule has 0 atom stereocenters. The minimum absolute atomic E-state index is 0.00976. The summed E-state index contributed by atoms with van der Waals surface area (Å²) < 4.78 is 11.1. The minimum atomic E-state index is -0.00976. The third kappa shape index (κ3) is 4.38. The van der Waals surface area contributed by atoms with E-state index in [1.165, 1.54) is 18.1 Å². The summed E-state index contributed by atoms with van der Waals surface area (Å²) >= 11 is 0. The standard InChI is InChI=1S/C21H26O3/c1-14-9-18(21(3,4)5)8-7-16(14)13-24-20-11-17(15(2)22)10-19(12-20)23-6/h7-12H,13H2,1-6H3. The molecular weight excluding hydrogens is 300 g/mol. The highest BCUT2D eigenvalue weighted by Crippen LogP contribution is 2.27. The van der Waals surface area contributed by atoms with Crippen molar-refractivity contribution in [1.82, 2.24) is 0 Å². The number of hydrogen-bond acceptors (Lipinski definition) is 3. The Bertz CT molecular complexity index is 739. The van der Waals surface area contributed by atoms with Crippen LogP contribution < -0.4 is 9.47 Å². The van der Waals surface area contributed by atoms with Crippen LogP contribution in [0.5, 0.6) is 11.5 Å². The molecule has 0 bridgehead atoms. The van der Waals surface area contributed by atoms with Gasteiger partial charge < -0.3 is 9.47 Å². The summed E-state index contributed by atoms with van der Waals surface area (Å²) in [6.45, 7) is 10.7. The highest BCUT2D eigenvalue weighted by Gasteiger charge is 2.14. The van der Waals surface area contributed by atoms with Gasteiger partial charge in [-0.1, -0.05) is 39.0 Å². The number of ketones is 1. The fraction of sp³-hybridized carbons (Fsp3) is 0.381. The monoisotopic (exact) mass is 326 g/mol. The number of carbonyl (C=O) groups is 1. The van der Waals surface area contributed by atoms with Crippen molar-refractivity contribution in [3.05, 3.63) is 58.7 Å². The van der Waals surface area contributed by atoms with Crippen LogP contribution in [-0.2, 0) is 12.0 Å². The molecule has 2 aromatic rings. The first-order valence-electron chi connectivity index (χ1n) is 8.13. The normalized spacial score (nSPS) is 11.2. The lowest BCUT2D eigenvalue weighted by Gasteiger charge is -2.20. The topological polar surface area (TPSA) is 35.5 Å². The fourth-order valence-corrected chi connectivity index (χ4v) is 2.46. The summed E-state index contributed by atoms with van der Waals surface area (Å²) in [5.41, 5.74) is 4.37. The van der Waals surface area contributed by atoms with Crippen molar-refractivity contribution >= 4 is 5.78 Å². The van der Waals surface area contributed by atoms with Crippen LogP contribution in [0.4, 0.5) is 0 Å². The Morgan fingerprint density at radius 3 is 2.25 bits per heavy atom. The molecule has 0 N–H and O–H groups in total. The Balaban J connectivity index is 2.19. The summed E-state index contributed by atoms with van der Waals surface area (Å²) in [4.78, 5) is 11.6. The molecule has 3 nitrogen and oxygen atoms in total. The molecule has 0 radical (unpaired) electrons. The van der Waals surface area contributed by atoms with Crippen LogP contribution in [-0.4, -0.2) is 12.9 Å². The van der Waals surface area contributed by atoms with Crippen molar-refractivity contribution in [2.75, 3.05) is 7.11 Å². The van der Waals surface area contributed by atoms with Gasteiger partial charge in [-0.2, -0.15) is 0 Å². The van der Waals surface area contributed by atoms with Gasteiger partial charge in [-0.15, -0.1) is 0 Å². The number of ether oxygens (including phenoxy) is 2. The van der Waals surface area contributed by atoms with Crippen molar-refractivity contribution in [3.63, 3.8) is 0 Å². The number of Topliss-reactive ketones (excluding diaryl/α,β-unsaturated/α-hetero) is 1. The van der Waals surface area contributed by atoms with Gasteiger partial charge in [-0.3, -0.25) is 4.79 Å². The molecule has 24 heavy (non-hydrogen) atoms. The van der Waals surface area contributed by atoms with Crippen molar-refractivity contribution < 1.29 is 14.3 Å². The van der Waals surface area contributed by atoms with Gasteiger partial charge in [-0.25, -0.2) is 0 Å². The Labute approximate surface area is 144 Å². The van der Waals surface area contributed by atoms with Gasteiger partial charge in [0.05, 0.1) is 7.11 Å². The van der Waals surface area contributed by atoms with Gasteiger partial charge in [0.1, 0.15) is 18.1 Å². The average molecular weight is 326 g/mol. The number of carbonyl (C=O) groups excluding carboxylic acids is 1. The van der Waals surface area contributed by atoms with Crippen LogP contribution in [0.1, 0.15) is 54.7 Å². The minimum Gasteiger partial charge on any atom is -0.497 e. The molecule has 0 saturated carbocycles. The molecule has 0 amide bonds. The Hall–Kier alpha value is -2.29. The highest BCUT2D eigenvalue weighted by atomic mass is 16.5. The zero-order chi connectivity index (χ0) is 17.9. The van der Waals surface area contributed by atoms with Crippen molar-refractivity contribution in [2.24, 2.45) is 0 Å². The second-order valence-electron chi connectivity index (χ2n) is 7.13. The lowest BCUT2D eigenvalue weighted by atomic mass is 9.85. The van der Waals surface area contributed by atoms with Crippen LogP contribution in [0, 0.1) is 6.92 Å². The molecule has 2 aromatic carbocycles. The maximum absolute atomic E-state index is 11.6. The lowest BCUT2D eigenvalue weighted by molar-refractivity contribution is 0.101. The van der Waals surface area contributed by atoms with Crippen LogP contribution in [0.2, 0.25) is 0 Å². The van der Waals surface area contributed by atoms with E-state index in [-0.39, 0.29) is 11.2 Å². The van der Waals surface area contributed by atoms with Crippen LogP contribution >= 0.6 is 0 Å². The molecule has 0 aliphatic rings. The maximum Gasteiger partial charge on any atom is 0.160 e. The average Bonchev–Trinajstić information content (AvgIpc) is 2.52. The number of aryl methyl sites for hydroxylation is 1. The molecular formula is C21H26O3. The summed E-state index contributed by atoms with van der Waals surface area (Å²) in [6, 6.07) is 11.7. The second-order valence-corrected chi connectivity index (χ2v) is 7.13. The zero-order valence-electron chi connectivity index (χ0n) is 15.4. The van der Waals surface area contributed by atoms with Gasteiger partial charge >= 0.3 is 0 Å². The summed E-state index contributed by atoms with van der Waals surface area (Å²) in [5, 5.41) is 0. The smallest absolute Gasteiger partial charge is 0.160 e. The van der Waals surface area contributed by atoms with Crippen LogP contribution in [0.25, 0.3) is 0 Å². The van der Waals surface area contributed by atoms with Gasteiger partial charge in [0.15, 0.2) is 5.78 Å². The van der Waals surface area contributed by atoms with E-state index in [0.29, 0.717) is 23.7 Å². The predicted octanol–water partition coefficient (Wildman–Crippen LogP) is 5.08. The van der Waals surface area contributed by atoms with Crippen molar-refractivity contribution in [1.29, 1.82) is 0 Å². The molecule has 0 unspecified atom stereocenters.